The minimum atomic E-state index is 0.267. The van der Waals surface area contributed by atoms with Gasteiger partial charge in [0.05, 0.1) is 16.3 Å². The van der Waals surface area contributed by atoms with Crippen molar-refractivity contribution >= 4 is 11.6 Å². The summed E-state index contributed by atoms with van der Waals surface area (Å²) in [6, 6.07) is 5.64. The molecular formula is C13H14ClN7O. The van der Waals surface area contributed by atoms with Crippen LogP contribution >= 0.6 is 11.6 Å². The van der Waals surface area contributed by atoms with Crippen molar-refractivity contribution in [2.45, 2.75) is 19.4 Å². The molecule has 0 radical (unpaired) electrons. The van der Waals surface area contributed by atoms with Crippen molar-refractivity contribution in [3.8, 4) is 17.1 Å². The molecule has 1 aromatic carbocycles. The molecule has 1 unspecified atom stereocenters. The minimum absolute atomic E-state index is 0.267. The molecule has 2 aromatic heterocycles. The third-order valence-corrected chi connectivity index (χ3v) is 3.56. The van der Waals surface area contributed by atoms with Gasteiger partial charge in [-0.2, -0.15) is 4.98 Å². The van der Waals surface area contributed by atoms with Crippen LogP contribution in [0.4, 0.5) is 0 Å². The number of benzene rings is 1. The van der Waals surface area contributed by atoms with E-state index < -0.39 is 0 Å². The molecule has 0 aliphatic rings. The highest BCUT2D eigenvalue weighted by atomic mass is 35.5. The van der Waals surface area contributed by atoms with Crippen LogP contribution < -0.4 is 5.32 Å². The first kappa shape index (κ1) is 14.6. The quantitative estimate of drug-likeness (QED) is 0.761. The Hall–Kier alpha value is -2.32. The first-order valence-corrected chi connectivity index (χ1v) is 7.08. The molecule has 0 bridgehead atoms. The predicted molar refractivity (Wildman–Crippen MR) is 79.7 cm³/mol. The normalized spacial score (nSPS) is 12.5. The zero-order valence-corrected chi connectivity index (χ0v) is 12.8. The van der Waals surface area contributed by atoms with Crippen LogP contribution in [-0.4, -0.2) is 43.4 Å². The number of rotatable bonds is 5. The van der Waals surface area contributed by atoms with Gasteiger partial charge in [0.25, 0.3) is 5.89 Å². The second kappa shape index (κ2) is 6.20. The van der Waals surface area contributed by atoms with E-state index in [0.29, 0.717) is 28.7 Å². The lowest BCUT2D eigenvalue weighted by atomic mass is 10.2. The standard InChI is InChI=1S/C13H14ClN7O/c1-8(15-2)5-12-17-13(22-18-12)10-4-3-9(6-11(10)14)21-7-16-19-20-21/h3-4,6-8,15H,5H2,1-2H3. The molecule has 0 saturated carbocycles. The van der Waals surface area contributed by atoms with E-state index in [-0.39, 0.29) is 6.04 Å². The highest BCUT2D eigenvalue weighted by molar-refractivity contribution is 6.33. The second-order valence-corrected chi connectivity index (χ2v) is 5.24. The van der Waals surface area contributed by atoms with E-state index in [1.165, 1.54) is 11.0 Å². The van der Waals surface area contributed by atoms with E-state index in [2.05, 4.69) is 31.0 Å². The van der Waals surface area contributed by atoms with Crippen LogP contribution in [-0.2, 0) is 6.42 Å². The molecule has 1 atom stereocenters. The minimum Gasteiger partial charge on any atom is -0.334 e. The molecule has 8 nitrogen and oxygen atoms in total. The topological polar surface area (TPSA) is 94.6 Å². The van der Waals surface area contributed by atoms with Gasteiger partial charge in [-0.05, 0) is 42.6 Å². The Labute approximate surface area is 131 Å². The van der Waals surface area contributed by atoms with E-state index >= 15 is 0 Å². The molecule has 0 spiro atoms. The lowest BCUT2D eigenvalue weighted by Crippen LogP contribution is -2.24. The Kier molecular flexibility index (Phi) is 4.12. The summed E-state index contributed by atoms with van der Waals surface area (Å²) < 4.78 is 6.80. The number of halogens is 1. The molecule has 0 aliphatic carbocycles. The number of nitrogens with zero attached hydrogens (tertiary/aromatic N) is 6. The van der Waals surface area contributed by atoms with Gasteiger partial charge in [0.2, 0.25) is 0 Å². The molecule has 0 saturated heterocycles. The molecule has 3 aromatic rings. The molecule has 3 rings (SSSR count). The third kappa shape index (κ3) is 2.97. The summed E-state index contributed by atoms with van der Waals surface area (Å²) >= 11 is 6.30. The van der Waals surface area contributed by atoms with Gasteiger partial charge in [-0.25, -0.2) is 4.68 Å². The Morgan fingerprint density at radius 1 is 1.41 bits per heavy atom. The fourth-order valence-electron chi connectivity index (χ4n) is 1.92. The molecule has 2 heterocycles. The van der Waals surface area contributed by atoms with Crippen LogP contribution in [0.15, 0.2) is 29.0 Å². The highest BCUT2D eigenvalue weighted by Crippen LogP contribution is 2.28. The van der Waals surface area contributed by atoms with Crippen molar-refractivity contribution in [3.05, 3.63) is 35.4 Å². The Morgan fingerprint density at radius 3 is 2.95 bits per heavy atom. The van der Waals surface area contributed by atoms with Crippen molar-refractivity contribution in [3.63, 3.8) is 0 Å². The van der Waals surface area contributed by atoms with Crippen LogP contribution in [0.2, 0.25) is 5.02 Å². The van der Waals surface area contributed by atoms with Gasteiger partial charge < -0.3 is 9.84 Å². The summed E-state index contributed by atoms with van der Waals surface area (Å²) in [6.07, 6.45) is 2.18. The first-order valence-electron chi connectivity index (χ1n) is 6.70. The largest absolute Gasteiger partial charge is 0.334 e. The zero-order valence-electron chi connectivity index (χ0n) is 12.1. The van der Waals surface area contributed by atoms with Gasteiger partial charge in [0.15, 0.2) is 5.82 Å². The molecule has 22 heavy (non-hydrogen) atoms. The lowest BCUT2D eigenvalue weighted by Gasteiger charge is -2.05. The highest BCUT2D eigenvalue weighted by Gasteiger charge is 2.14. The number of hydrogen-bond acceptors (Lipinski definition) is 7. The van der Waals surface area contributed by atoms with Crippen molar-refractivity contribution in [2.24, 2.45) is 0 Å². The summed E-state index contributed by atoms with van der Waals surface area (Å²) in [5.41, 5.74) is 1.43. The number of tetrazole rings is 1. The molecular weight excluding hydrogens is 306 g/mol. The number of aromatic nitrogens is 6. The smallest absolute Gasteiger partial charge is 0.259 e. The summed E-state index contributed by atoms with van der Waals surface area (Å²) in [5.74, 6) is 1.03. The summed E-state index contributed by atoms with van der Waals surface area (Å²) in [6.45, 7) is 2.05. The lowest BCUT2D eigenvalue weighted by molar-refractivity contribution is 0.418. The molecule has 0 amide bonds. The maximum atomic E-state index is 6.30. The average molecular weight is 320 g/mol. The van der Waals surface area contributed by atoms with Crippen LogP contribution in [0.1, 0.15) is 12.7 Å². The molecule has 114 valence electrons. The summed E-state index contributed by atoms with van der Waals surface area (Å²) in [4.78, 5) is 4.37. The predicted octanol–water partition coefficient (Wildman–Crippen LogP) is 1.52. The zero-order chi connectivity index (χ0) is 15.5. The van der Waals surface area contributed by atoms with E-state index in [1.807, 2.05) is 20.0 Å². The monoisotopic (exact) mass is 319 g/mol. The molecule has 0 fully saturated rings. The van der Waals surface area contributed by atoms with Crippen molar-refractivity contribution < 1.29 is 4.52 Å². The fourth-order valence-corrected chi connectivity index (χ4v) is 2.18. The van der Waals surface area contributed by atoms with Crippen LogP contribution in [0.5, 0.6) is 0 Å². The Morgan fingerprint density at radius 2 is 2.27 bits per heavy atom. The maximum Gasteiger partial charge on any atom is 0.259 e. The summed E-state index contributed by atoms with van der Waals surface area (Å²) in [7, 11) is 1.89. The summed E-state index contributed by atoms with van der Waals surface area (Å²) in [5, 5.41) is 18.6. The van der Waals surface area contributed by atoms with Crippen molar-refractivity contribution in [1.82, 2.24) is 35.7 Å². The van der Waals surface area contributed by atoms with Gasteiger partial charge in [-0.3, -0.25) is 0 Å². The Balaban J connectivity index is 1.86. The van der Waals surface area contributed by atoms with Gasteiger partial charge in [0, 0.05) is 12.5 Å². The maximum absolute atomic E-state index is 6.30. The Bertz CT molecular complexity index is 756. The molecule has 9 heteroatoms. The van der Waals surface area contributed by atoms with Gasteiger partial charge in [0.1, 0.15) is 6.33 Å². The van der Waals surface area contributed by atoms with Gasteiger partial charge >= 0.3 is 0 Å². The van der Waals surface area contributed by atoms with Crippen LogP contribution in [0.25, 0.3) is 17.1 Å². The van der Waals surface area contributed by atoms with Crippen molar-refractivity contribution in [1.29, 1.82) is 0 Å². The van der Waals surface area contributed by atoms with Crippen molar-refractivity contribution in [2.75, 3.05) is 7.05 Å². The number of nitrogens with one attached hydrogen (secondary N) is 1. The van der Waals surface area contributed by atoms with E-state index in [9.17, 15) is 0 Å². The van der Waals surface area contributed by atoms with E-state index in [0.717, 1.165) is 5.69 Å². The van der Waals surface area contributed by atoms with Crippen LogP contribution in [0.3, 0.4) is 0 Å². The number of likely N-dealkylation sites (N-methyl/N-ethyl adjacent to an activating group) is 1. The average Bonchev–Trinajstić information content (AvgIpc) is 3.18. The van der Waals surface area contributed by atoms with Gasteiger partial charge in [-0.1, -0.05) is 16.8 Å². The SMILES string of the molecule is CNC(C)Cc1noc(-c2ccc(-n3cnnn3)cc2Cl)n1. The van der Waals surface area contributed by atoms with E-state index in [4.69, 9.17) is 16.1 Å². The third-order valence-electron chi connectivity index (χ3n) is 3.25. The molecule has 1 N–H and O–H groups in total. The van der Waals surface area contributed by atoms with E-state index in [1.54, 1.807) is 12.1 Å². The molecule has 0 aliphatic heterocycles. The van der Waals surface area contributed by atoms with Gasteiger partial charge in [-0.15, -0.1) is 5.10 Å². The first-order chi connectivity index (χ1) is 10.7. The van der Waals surface area contributed by atoms with Crippen LogP contribution in [0, 0.1) is 0 Å². The number of hydrogen-bond donors (Lipinski definition) is 1. The fraction of sp³-hybridized carbons (Fsp3) is 0.308. The second-order valence-electron chi connectivity index (χ2n) is 4.83.